The third kappa shape index (κ3) is 3.89. The lowest BCUT2D eigenvalue weighted by molar-refractivity contribution is 0.124. The summed E-state index contributed by atoms with van der Waals surface area (Å²) in [5, 5.41) is 3.31. The van der Waals surface area contributed by atoms with Crippen LogP contribution in [0.15, 0.2) is 47.6 Å². The van der Waals surface area contributed by atoms with E-state index in [0.29, 0.717) is 12.5 Å². The van der Waals surface area contributed by atoms with Crippen molar-refractivity contribution in [2.45, 2.75) is 82.8 Å². The fourth-order valence-electron chi connectivity index (χ4n) is 6.19. The van der Waals surface area contributed by atoms with Crippen molar-refractivity contribution in [2.24, 2.45) is 17.1 Å². The molecule has 1 aliphatic heterocycles. The van der Waals surface area contributed by atoms with E-state index in [0.717, 1.165) is 44.1 Å². The van der Waals surface area contributed by atoms with Crippen LogP contribution < -0.4 is 11.1 Å². The SMILES string of the molecule is CCCCC1CC=CC2=C(CCN(C(=O)N[C@H]3C[C@H](N)C34CC4)[C@H]2c2ccc(F)cc2)C1. The third-order valence-corrected chi connectivity index (χ3v) is 8.43. The van der Waals surface area contributed by atoms with Crippen molar-refractivity contribution in [3.63, 3.8) is 0 Å². The zero-order chi connectivity index (χ0) is 22.3. The van der Waals surface area contributed by atoms with Gasteiger partial charge < -0.3 is 16.0 Å². The number of nitrogens with one attached hydrogen (secondary N) is 1. The van der Waals surface area contributed by atoms with Crippen molar-refractivity contribution in [2.75, 3.05) is 6.54 Å². The minimum Gasteiger partial charge on any atom is -0.335 e. The van der Waals surface area contributed by atoms with E-state index in [-0.39, 0.29) is 35.4 Å². The Bertz CT molecular complexity index is 917. The molecular weight excluding hydrogens is 401 g/mol. The lowest BCUT2D eigenvalue weighted by atomic mass is 9.71. The van der Waals surface area contributed by atoms with Crippen LogP contribution in [0.5, 0.6) is 0 Å². The summed E-state index contributed by atoms with van der Waals surface area (Å²) in [7, 11) is 0. The number of unbranched alkanes of at least 4 members (excludes halogenated alkanes) is 1. The molecule has 1 spiro atoms. The van der Waals surface area contributed by atoms with Crippen molar-refractivity contribution in [1.82, 2.24) is 10.2 Å². The zero-order valence-electron chi connectivity index (χ0n) is 19.2. The molecule has 172 valence electrons. The number of carbonyl (C=O) groups is 1. The van der Waals surface area contributed by atoms with Crippen LogP contribution in [0.4, 0.5) is 9.18 Å². The average molecular weight is 438 g/mol. The van der Waals surface area contributed by atoms with E-state index in [1.165, 1.54) is 42.5 Å². The fraction of sp³-hybridized carbons (Fsp3) is 0.593. The maximum absolute atomic E-state index is 13.7. The fourth-order valence-corrected chi connectivity index (χ4v) is 6.19. The highest BCUT2D eigenvalue weighted by atomic mass is 19.1. The van der Waals surface area contributed by atoms with Crippen LogP contribution in [0.2, 0.25) is 0 Å². The van der Waals surface area contributed by atoms with Gasteiger partial charge in [0.1, 0.15) is 5.82 Å². The first kappa shape index (κ1) is 21.7. The molecule has 4 nitrogen and oxygen atoms in total. The first-order valence-corrected chi connectivity index (χ1v) is 12.5. The van der Waals surface area contributed by atoms with Gasteiger partial charge in [-0.3, -0.25) is 0 Å². The molecule has 0 bridgehead atoms. The standard InChI is InChI=1S/C27H36FN3O/c1-2-3-5-18-6-4-7-22-20(16-18)12-15-31(25(22)19-8-10-21(28)11-9-19)26(32)30-24-17-23(29)27(24)13-14-27/h4,7-11,18,23-25H,2-3,5-6,12-17,29H2,1H3,(H,30,32)/t18?,23-,24-,25-/m0/s1. The summed E-state index contributed by atoms with van der Waals surface area (Å²) >= 11 is 0. The van der Waals surface area contributed by atoms with Gasteiger partial charge in [0.05, 0.1) is 6.04 Å². The zero-order valence-corrected chi connectivity index (χ0v) is 19.2. The van der Waals surface area contributed by atoms with Crippen LogP contribution in [0.3, 0.4) is 0 Å². The van der Waals surface area contributed by atoms with Gasteiger partial charge in [0.2, 0.25) is 0 Å². The van der Waals surface area contributed by atoms with Gasteiger partial charge >= 0.3 is 6.03 Å². The van der Waals surface area contributed by atoms with E-state index < -0.39 is 0 Å². The van der Waals surface area contributed by atoms with E-state index in [1.54, 1.807) is 0 Å². The second-order valence-corrected chi connectivity index (χ2v) is 10.4. The summed E-state index contributed by atoms with van der Waals surface area (Å²) in [6.45, 7) is 2.95. The predicted octanol–water partition coefficient (Wildman–Crippen LogP) is 5.61. The molecule has 4 aliphatic rings. The van der Waals surface area contributed by atoms with Gasteiger partial charge in [-0.15, -0.1) is 0 Å². The van der Waals surface area contributed by atoms with Gasteiger partial charge in [-0.05, 0) is 74.1 Å². The minimum atomic E-state index is -0.245. The lowest BCUT2D eigenvalue weighted by Crippen LogP contribution is -2.62. The lowest BCUT2D eigenvalue weighted by Gasteiger charge is -2.46. The van der Waals surface area contributed by atoms with Crippen molar-refractivity contribution in [3.8, 4) is 0 Å². The summed E-state index contributed by atoms with van der Waals surface area (Å²) in [5.74, 6) is 0.434. The Balaban J connectivity index is 1.42. The number of urea groups is 1. The Morgan fingerprint density at radius 2 is 2.06 bits per heavy atom. The van der Waals surface area contributed by atoms with E-state index >= 15 is 0 Å². The topological polar surface area (TPSA) is 58.4 Å². The third-order valence-electron chi connectivity index (χ3n) is 8.43. The number of carbonyl (C=O) groups excluding carboxylic acids is 1. The van der Waals surface area contributed by atoms with Crippen LogP contribution >= 0.6 is 0 Å². The van der Waals surface area contributed by atoms with Crippen LogP contribution in [0.1, 0.15) is 76.3 Å². The highest BCUT2D eigenvalue weighted by Gasteiger charge is 2.62. The molecule has 0 radical (unpaired) electrons. The molecule has 3 aliphatic carbocycles. The quantitative estimate of drug-likeness (QED) is 0.629. The van der Waals surface area contributed by atoms with Gasteiger partial charge in [-0.1, -0.05) is 49.6 Å². The summed E-state index contributed by atoms with van der Waals surface area (Å²) in [6.07, 6.45) is 14.5. The van der Waals surface area contributed by atoms with E-state index in [9.17, 15) is 9.18 Å². The Labute approximate surface area is 191 Å². The van der Waals surface area contributed by atoms with E-state index in [4.69, 9.17) is 5.73 Å². The number of rotatable bonds is 5. The van der Waals surface area contributed by atoms with E-state index in [2.05, 4.69) is 24.4 Å². The minimum absolute atomic E-state index is 0.00534. The molecule has 1 unspecified atom stereocenters. The van der Waals surface area contributed by atoms with Gasteiger partial charge in [0.15, 0.2) is 0 Å². The molecule has 1 aromatic carbocycles. The molecule has 3 N–H and O–H groups in total. The highest BCUT2D eigenvalue weighted by molar-refractivity contribution is 5.77. The Kier molecular flexibility index (Phi) is 5.87. The van der Waals surface area contributed by atoms with Crippen LogP contribution in [-0.4, -0.2) is 29.6 Å². The second-order valence-electron chi connectivity index (χ2n) is 10.4. The molecule has 2 fully saturated rings. The summed E-state index contributed by atoms with van der Waals surface area (Å²) in [4.78, 5) is 15.5. The van der Waals surface area contributed by atoms with E-state index in [1.807, 2.05) is 17.0 Å². The number of nitrogens with two attached hydrogens (primary N) is 1. The van der Waals surface area contributed by atoms with Crippen molar-refractivity contribution < 1.29 is 9.18 Å². The van der Waals surface area contributed by atoms with Crippen LogP contribution in [-0.2, 0) is 0 Å². The molecule has 5 heteroatoms. The maximum atomic E-state index is 13.7. The Morgan fingerprint density at radius 3 is 2.75 bits per heavy atom. The molecule has 1 aromatic rings. The number of hydrogen-bond acceptors (Lipinski definition) is 2. The number of amides is 2. The van der Waals surface area contributed by atoms with Gasteiger partial charge in [0.25, 0.3) is 0 Å². The normalized spacial score (nSPS) is 30.5. The summed E-state index contributed by atoms with van der Waals surface area (Å²) < 4.78 is 13.7. The second kappa shape index (κ2) is 8.66. The summed E-state index contributed by atoms with van der Waals surface area (Å²) in [6, 6.07) is 6.94. The number of nitrogens with zero attached hydrogens (tertiary/aromatic N) is 1. The molecule has 0 aromatic heterocycles. The van der Waals surface area contributed by atoms with Crippen LogP contribution in [0.25, 0.3) is 0 Å². The number of hydrogen-bond donors (Lipinski definition) is 2. The maximum Gasteiger partial charge on any atom is 0.318 e. The molecule has 32 heavy (non-hydrogen) atoms. The van der Waals surface area contributed by atoms with Gasteiger partial charge in [-0.2, -0.15) is 0 Å². The molecule has 5 rings (SSSR count). The van der Waals surface area contributed by atoms with Gasteiger partial charge in [-0.25, -0.2) is 9.18 Å². The van der Waals surface area contributed by atoms with Crippen molar-refractivity contribution >= 4 is 6.03 Å². The molecule has 4 atom stereocenters. The smallest absolute Gasteiger partial charge is 0.318 e. The van der Waals surface area contributed by atoms with Gasteiger partial charge in [0, 0.05) is 24.0 Å². The number of allylic oxidation sites excluding steroid dienone is 1. The van der Waals surface area contributed by atoms with Crippen molar-refractivity contribution in [1.29, 1.82) is 0 Å². The number of halogens is 1. The molecule has 0 saturated heterocycles. The summed E-state index contributed by atoms with van der Waals surface area (Å²) in [5.41, 5.74) is 10.1. The number of benzene rings is 1. The molecule has 1 heterocycles. The molecule has 2 saturated carbocycles. The average Bonchev–Trinajstić information content (AvgIpc) is 3.63. The van der Waals surface area contributed by atoms with Crippen molar-refractivity contribution in [3.05, 3.63) is 58.9 Å². The monoisotopic (exact) mass is 437 g/mol. The molecular formula is C27H36FN3O. The first-order valence-electron chi connectivity index (χ1n) is 12.5. The first-order chi connectivity index (χ1) is 15.5. The Morgan fingerprint density at radius 1 is 1.28 bits per heavy atom. The van der Waals surface area contributed by atoms with Crippen LogP contribution in [0, 0.1) is 17.2 Å². The highest BCUT2D eigenvalue weighted by Crippen LogP contribution is 2.59. The molecule has 2 amide bonds. The largest absolute Gasteiger partial charge is 0.335 e. The predicted molar refractivity (Wildman–Crippen MR) is 125 cm³/mol. The Hall–Kier alpha value is -2.14.